The van der Waals surface area contributed by atoms with E-state index in [1.807, 2.05) is 31.2 Å². The zero-order chi connectivity index (χ0) is 21.3. The van der Waals surface area contributed by atoms with Crippen molar-refractivity contribution in [2.24, 2.45) is 0 Å². The van der Waals surface area contributed by atoms with Crippen LogP contribution in [0.1, 0.15) is 41.9 Å². The second-order valence-electron chi connectivity index (χ2n) is 7.63. The van der Waals surface area contributed by atoms with Crippen LogP contribution in [0, 0.1) is 13.8 Å². The highest BCUT2D eigenvalue weighted by molar-refractivity contribution is 6.00. The van der Waals surface area contributed by atoms with Crippen LogP contribution in [0.3, 0.4) is 0 Å². The van der Waals surface area contributed by atoms with Crippen molar-refractivity contribution in [2.45, 2.75) is 33.2 Å². The molecule has 152 valence electrons. The Kier molecular flexibility index (Phi) is 5.36. The second-order valence-corrected chi connectivity index (χ2v) is 7.63. The summed E-state index contributed by atoms with van der Waals surface area (Å²) in [5.41, 5.74) is 5.13. The molecule has 4 rings (SSSR count). The van der Waals surface area contributed by atoms with Crippen molar-refractivity contribution >= 4 is 28.1 Å². The molecular formula is C25H25N3O2. The predicted molar refractivity (Wildman–Crippen MR) is 121 cm³/mol. The Hall–Kier alpha value is -3.47. The molecule has 0 saturated heterocycles. The highest BCUT2D eigenvalue weighted by Gasteiger charge is 2.17. The van der Waals surface area contributed by atoms with E-state index < -0.39 is 0 Å². The number of hydrogen-bond donors (Lipinski definition) is 1. The van der Waals surface area contributed by atoms with E-state index in [2.05, 4.69) is 53.4 Å². The van der Waals surface area contributed by atoms with Gasteiger partial charge in [0.1, 0.15) is 17.4 Å². The number of methoxy groups -OCH3 is 1. The topological polar surface area (TPSA) is 64.1 Å². The number of ether oxygens (including phenoxy) is 1. The van der Waals surface area contributed by atoms with E-state index in [9.17, 15) is 4.79 Å². The van der Waals surface area contributed by atoms with E-state index >= 15 is 0 Å². The number of anilines is 1. The van der Waals surface area contributed by atoms with Crippen molar-refractivity contribution in [3.8, 4) is 5.75 Å². The first-order chi connectivity index (χ1) is 14.4. The highest BCUT2D eigenvalue weighted by atomic mass is 16.5. The summed E-state index contributed by atoms with van der Waals surface area (Å²) in [6, 6.07) is 12.5. The molecular weight excluding hydrogens is 374 g/mol. The molecule has 0 saturated carbocycles. The molecule has 1 atom stereocenters. The third-order valence-corrected chi connectivity index (χ3v) is 5.31. The van der Waals surface area contributed by atoms with Crippen molar-refractivity contribution in [1.29, 1.82) is 0 Å². The first kappa shape index (κ1) is 19.8. The van der Waals surface area contributed by atoms with E-state index in [1.54, 1.807) is 13.2 Å². The van der Waals surface area contributed by atoms with Crippen LogP contribution in [0.5, 0.6) is 5.75 Å². The maximum absolute atomic E-state index is 11.6. The second kappa shape index (κ2) is 8.11. The lowest BCUT2D eigenvalue weighted by Crippen LogP contribution is -2.10. The quantitative estimate of drug-likeness (QED) is 0.627. The van der Waals surface area contributed by atoms with Crippen LogP contribution in [-0.4, -0.2) is 22.9 Å². The van der Waals surface area contributed by atoms with Gasteiger partial charge in [-0.2, -0.15) is 0 Å². The lowest BCUT2D eigenvalue weighted by atomic mass is 9.96. The lowest BCUT2D eigenvalue weighted by Gasteiger charge is -2.19. The number of nitrogens with one attached hydrogen (secondary N) is 1. The molecule has 30 heavy (non-hydrogen) atoms. The fraction of sp³-hybridized carbons (Fsp3) is 0.240. The number of rotatable bonds is 5. The fourth-order valence-electron chi connectivity index (χ4n) is 3.73. The van der Waals surface area contributed by atoms with E-state index in [-0.39, 0.29) is 11.8 Å². The molecule has 0 radical (unpaired) electrons. The van der Waals surface area contributed by atoms with E-state index in [0.717, 1.165) is 33.6 Å². The summed E-state index contributed by atoms with van der Waals surface area (Å²) in [4.78, 5) is 20.9. The average molecular weight is 399 g/mol. The zero-order valence-electron chi connectivity index (χ0n) is 17.7. The van der Waals surface area contributed by atoms with Gasteiger partial charge in [0.15, 0.2) is 5.78 Å². The zero-order valence-corrected chi connectivity index (χ0v) is 17.7. The van der Waals surface area contributed by atoms with Crippen LogP contribution < -0.4 is 10.1 Å². The van der Waals surface area contributed by atoms with Crippen LogP contribution in [0.2, 0.25) is 0 Å². The Morgan fingerprint density at radius 2 is 1.93 bits per heavy atom. The molecule has 1 aromatic heterocycles. The molecule has 3 aromatic rings. The molecule has 1 heterocycles. The maximum atomic E-state index is 11.6. The molecule has 0 fully saturated rings. The molecule has 1 aliphatic carbocycles. The van der Waals surface area contributed by atoms with Gasteiger partial charge in [-0.05, 0) is 44.1 Å². The van der Waals surface area contributed by atoms with Crippen molar-refractivity contribution in [3.63, 3.8) is 0 Å². The number of aryl methyl sites for hydroxylation is 2. The molecule has 2 aromatic carbocycles. The number of benzene rings is 2. The summed E-state index contributed by atoms with van der Waals surface area (Å²) in [5.74, 6) is 2.31. The van der Waals surface area contributed by atoms with Crippen LogP contribution >= 0.6 is 0 Å². The average Bonchev–Trinajstić information content (AvgIpc) is 2.73. The predicted octanol–water partition coefficient (Wildman–Crippen LogP) is 5.34. The van der Waals surface area contributed by atoms with E-state index in [0.29, 0.717) is 12.2 Å². The minimum absolute atomic E-state index is 0.0827. The summed E-state index contributed by atoms with van der Waals surface area (Å²) in [7, 11) is 1.65. The van der Waals surface area contributed by atoms with Crippen molar-refractivity contribution < 1.29 is 9.53 Å². The molecule has 1 aliphatic rings. The van der Waals surface area contributed by atoms with Gasteiger partial charge in [-0.3, -0.25) is 4.79 Å². The maximum Gasteiger partial charge on any atom is 0.159 e. The van der Waals surface area contributed by atoms with E-state index in [1.165, 1.54) is 11.1 Å². The van der Waals surface area contributed by atoms with E-state index in [4.69, 9.17) is 4.74 Å². The van der Waals surface area contributed by atoms with Gasteiger partial charge in [-0.15, -0.1) is 0 Å². The number of carbonyl (C=O) groups is 1. The van der Waals surface area contributed by atoms with Gasteiger partial charge in [0.25, 0.3) is 0 Å². The molecule has 0 bridgehead atoms. The minimum Gasteiger partial charge on any atom is -0.496 e. The Morgan fingerprint density at radius 1 is 1.10 bits per heavy atom. The Labute approximate surface area is 176 Å². The summed E-state index contributed by atoms with van der Waals surface area (Å²) in [6.07, 6.45) is 5.78. The van der Waals surface area contributed by atoms with Gasteiger partial charge >= 0.3 is 0 Å². The van der Waals surface area contributed by atoms with Gasteiger partial charge in [0.05, 0.1) is 12.6 Å². The first-order valence-electron chi connectivity index (χ1n) is 10.1. The normalized spacial score (nSPS) is 14.5. The fourth-order valence-corrected chi connectivity index (χ4v) is 3.73. The number of nitrogens with zero attached hydrogens (tertiary/aromatic N) is 2. The molecule has 0 amide bonds. The third kappa shape index (κ3) is 3.96. The number of aromatic nitrogens is 2. The Balaban J connectivity index is 1.80. The highest BCUT2D eigenvalue weighted by Crippen LogP contribution is 2.35. The van der Waals surface area contributed by atoms with Crippen LogP contribution in [-0.2, 0) is 4.79 Å². The summed E-state index contributed by atoms with van der Waals surface area (Å²) >= 11 is 0. The molecule has 0 aliphatic heterocycles. The SMILES string of the molecule is COc1cc2nc(C)nc(N[C@H](C)c3cccc(C)c3)c2cc1C1=CCC(=O)C=C1. The summed E-state index contributed by atoms with van der Waals surface area (Å²) in [6.45, 7) is 6.11. The molecule has 1 N–H and O–H groups in total. The largest absolute Gasteiger partial charge is 0.496 e. The van der Waals surface area contributed by atoms with Gasteiger partial charge in [-0.25, -0.2) is 9.97 Å². The van der Waals surface area contributed by atoms with Gasteiger partial charge in [-0.1, -0.05) is 42.0 Å². The smallest absolute Gasteiger partial charge is 0.159 e. The van der Waals surface area contributed by atoms with Gasteiger partial charge < -0.3 is 10.1 Å². The summed E-state index contributed by atoms with van der Waals surface area (Å²) < 4.78 is 5.64. The summed E-state index contributed by atoms with van der Waals surface area (Å²) in [5, 5.41) is 4.48. The molecule has 5 nitrogen and oxygen atoms in total. The van der Waals surface area contributed by atoms with Crippen molar-refractivity contribution in [3.05, 3.63) is 77.1 Å². The Morgan fingerprint density at radius 3 is 2.63 bits per heavy atom. The molecule has 0 spiro atoms. The Bertz CT molecular complexity index is 1190. The van der Waals surface area contributed by atoms with Gasteiger partial charge in [0, 0.05) is 29.5 Å². The number of ketones is 1. The third-order valence-electron chi connectivity index (χ3n) is 5.31. The number of hydrogen-bond acceptors (Lipinski definition) is 5. The first-order valence-corrected chi connectivity index (χ1v) is 10.1. The molecule has 5 heteroatoms. The van der Waals surface area contributed by atoms with Gasteiger partial charge in [0.2, 0.25) is 0 Å². The number of allylic oxidation sites excluding steroid dienone is 4. The number of fused-ring (bicyclic) bond motifs is 1. The number of carbonyl (C=O) groups excluding carboxylic acids is 1. The lowest BCUT2D eigenvalue weighted by molar-refractivity contribution is -0.113. The van der Waals surface area contributed by atoms with Crippen molar-refractivity contribution in [2.75, 3.05) is 12.4 Å². The van der Waals surface area contributed by atoms with Crippen LogP contribution in [0.25, 0.3) is 16.5 Å². The monoisotopic (exact) mass is 399 g/mol. The van der Waals surface area contributed by atoms with Crippen LogP contribution in [0.15, 0.2) is 54.6 Å². The minimum atomic E-state index is 0.0827. The standard InChI is InChI=1S/C25H25N3O2/c1-15-6-5-7-19(12-15)16(2)26-25-22-13-21(18-8-10-20(29)11-9-18)24(30-4)14-23(22)27-17(3)28-25/h5-10,12-14,16H,11H2,1-4H3,(H,26,27,28)/t16-/m1/s1. The van der Waals surface area contributed by atoms with Crippen LogP contribution in [0.4, 0.5) is 5.82 Å². The van der Waals surface area contributed by atoms with Crippen molar-refractivity contribution in [1.82, 2.24) is 9.97 Å². The molecule has 0 unspecified atom stereocenters.